The van der Waals surface area contributed by atoms with Crippen LogP contribution in [0.4, 0.5) is 0 Å². The monoisotopic (exact) mass is 351 g/mol. The first-order chi connectivity index (χ1) is 12.2. The number of hydrogen-bond donors (Lipinski definition) is 0. The quantitative estimate of drug-likeness (QED) is 0.750. The average Bonchev–Trinajstić information content (AvgIpc) is 3.21. The van der Waals surface area contributed by atoms with Crippen LogP contribution in [0.3, 0.4) is 0 Å². The van der Waals surface area contributed by atoms with Gasteiger partial charge in [-0.1, -0.05) is 6.92 Å². The molecule has 3 heterocycles. The lowest BCUT2D eigenvalue weighted by molar-refractivity contribution is -0.142. The number of rotatable bonds is 5. The molecule has 0 spiro atoms. The molecule has 3 fully saturated rings. The molecule has 3 saturated heterocycles. The topological polar surface area (TPSA) is 53.1 Å². The molecule has 3 rings (SSSR count). The summed E-state index contributed by atoms with van der Waals surface area (Å²) in [6.45, 7) is 9.39. The Kier molecular flexibility index (Phi) is 6.70. The fourth-order valence-corrected chi connectivity index (χ4v) is 4.22. The normalized spacial score (nSPS) is 26.2. The second-order valence-electron chi connectivity index (χ2n) is 7.62. The maximum absolute atomic E-state index is 12.4. The summed E-state index contributed by atoms with van der Waals surface area (Å²) in [4.78, 5) is 31.2. The largest absolute Gasteiger partial charge is 0.368 e. The van der Waals surface area contributed by atoms with Gasteiger partial charge in [-0.2, -0.15) is 0 Å². The Hall–Kier alpha value is -1.14. The van der Waals surface area contributed by atoms with Crippen LogP contribution in [-0.2, 0) is 14.3 Å². The highest BCUT2D eigenvalue weighted by atomic mass is 16.5. The third-order valence-corrected chi connectivity index (χ3v) is 6.07. The predicted octanol–water partition coefficient (Wildman–Crippen LogP) is 1.35. The molecule has 0 aliphatic carbocycles. The minimum Gasteiger partial charge on any atom is -0.368 e. The van der Waals surface area contributed by atoms with Crippen LogP contribution >= 0.6 is 0 Å². The van der Waals surface area contributed by atoms with E-state index in [1.807, 2.05) is 9.80 Å². The Morgan fingerprint density at radius 1 is 0.960 bits per heavy atom. The summed E-state index contributed by atoms with van der Waals surface area (Å²) in [6.07, 6.45) is 5.36. The van der Waals surface area contributed by atoms with E-state index in [1.54, 1.807) is 0 Å². The molecule has 0 unspecified atom stereocenters. The van der Waals surface area contributed by atoms with E-state index in [2.05, 4.69) is 11.8 Å². The lowest BCUT2D eigenvalue weighted by Crippen LogP contribution is -2.48. The molecular formula is C19H33N3O3. The van der Waals surface area contributed by atoms with Crippen molar-refractivity contribution in [2.75, 3.05) is 52.4 Å². The Morgan fingerprint density at radius 3 is 2.28 bits per heavy atom. The summed E-state index contributed by atoms with van der Waals surface area (Å²) in [5.74, 6) is 1.07. The number of piperazine rings is 1. The van der Waals surface area contributed by atoms with Gasteiger partial charge < -0.3 is 19.4 Å². The molecule has 25 heavy (non-hydrogen) atoms. The smallest absolute Gasteiger partial charge is 0.251 e. The molecule has 3 aliphatic rings. The van der Waals surface area contributed by atoms with Gasteiger partial charge in [0.2, 0.25) is 5.91 Å². The van der Waals surface area contributed by atoms with Crippen molar-refractivity contribution in [2.45, 2.75) is 51.6 Å². The molecule has 3 aliphatic heterocycles. The van der Waals surface area contributed by atoms with Gasteiger partial charge in [-0.25, -0.2) is 0 Å². The highest BCUT2D eigenvalue weighted by molar-refractivity contribution is 5.81. The zero-order valence-electron chi connectivity index (χ0n) is 15.6. The maximum atomic E-state index is 12.4. The number of likely N-dealkylation sites (tertiary alicyclic amines) is 1. The summed E-state index contributed by atoms with van der Waals surface area (Å²) >= 11 is 0. The molecule has 0 radical (unpaired) electrons. The van der Waals surface area contributed by atoms with Crippen LogP contribution in [-0.4, -0.2) is 85.0 Å². The van der Waals surface area contributed by atoms with Crippen LogP contribution in [0.5, 0.6) is 0 Å². The minimum absolute atomic E-state index is 0.181. The predicted molar refractivity (Wildman–Crippen MR) is 96.2 cm³/mol. The van der Waals surface area contributed by atoms with Crippen molar-refractivity contribution in [1.29, 1.82) is 0 Å². The van der Waals surface area contributed by atoms with E-state index in [0.29, 0.717) is 18.2 Å². The lowest BCUT2D eigenvalue weighted by atomic mass is 9.91. The molecule has 2 amide bonds. The van der Waals surface area contributed by atoms with Crippen molar-refractivity contribution in [3.63, 3.8) is 0 Å². The number of carbonyl (C=O) groups excluding carboxylic acids is 2. The Labute approximate surface area is 151 Å². The zero-order chi connectivity index (χ0) is 17.6. The fourth-order valence-electron chi connectivity index (χ4n) is 4.22. The molecule has 0 aromatic rings. The van der Waals surface area contributed by atoms with Crippen LogP contribution in [0.2, 0.25) is 0 Å². The van der Waals surface area contributed by atoms with Crippen molar-refractivity contribution >= 4 is 11.8 Å². The van der Waals surface area contributed by atoms with Crippen LogP contribution < -0.4 is 0 Å². The summed E-state index contributed by atoms with van der Waals surface area (Å²) in [5.41, 5.74) is 0. The van der Waals surface area contributed by atoms with Gasteiger partial charge in [0.25, 0.3) is 5.91 Å². The molecule has 6 nitrogen and oxygen atoms in total. The first-order valence-corrected chi connectivity index (χ1v) is 10.1. The van der Waals surface area contributed by atoms with Gasteiger partial charge >= 0.3 is 0 Å². The first kappa shape index (κ1) is 18.6. The van der Waals surface area contributed by atoms with E-state index in [-0.39, 0.29) is 12.0 Å². The van der Waals surface area contributed by atoms with Gasteiger partial charge in [0, 0.05) is 52.3 Å². The number of ether oxygens (including phenoxy) is 1. The summed E-state index contributed by atoms with van der Waals surface area (Å²) in [7, 11) is 0. The van der Waals surface area contributed by atoms with Crippen molar-refractivity contribution in [1.82, 2.24) is 14.7 Å². The van der Waals surface area contributed by atoms with Gasteiger partial charge in [-0.3, -0.25) is 9.59 Å². The Bertz CT molecular complexity index is 449. The van der Waals surface area contributed by atoms with Crippen LogP contribution in [0.15, 0.2) is 0 Å². The minimum atomic E-state index is -0.195. The number of likely N-dealkylation sites (N-methyl/N-ethyl adjacent to an activating group) is 1. The van der Waals surface area contributed by atoms with Crippen LogP contribution in [0, 0.1) is 5.92 Å². The Morgan fingerprint density at radius 2 is 1.68 bits per heavy atom. The van der Waals surface area contributed by atoms with Gasteiger partial charge in [0.1, 0.15) is 6.10 Å². The SMILES string of the molecule is CCN1CCN(C(=O)CCC2CCN(C(=O)[C@H]3CCCO3)CC2)CC1. The number of amides is 2. The third-order valence-electron chi connectivity index (χ3n) is 6.07. The summed E-state index contributed by atoms with van der Waals surface area (Å²) in [5, 5.41) is 0. The summed E-state index contributed by atoms with van der Waals surface area (Å²) in [6, 6.07) is 0. The second kappa shape index (κ2) is 8.99. The number of hydrogen-bond acceptors (Lipinski definition) is 4. The number of piperidine rings is 1. The van der Waals surface area contributed by atoms with Crippen molar-refractivity contribution < 1.29 is 14.3 Å². The molecule has 0 N–H and O–H groups in total. The highest BCUT2D eigenvalue weighted by Gasteiger charge is 2.31. The van der Waals surface area contributed by atoms with Gasteiger partial charge in [0.15, 0.2) is 0 Å². The van der Waals surface area contributed by atoms with E-state index in [0.717, 1.165) is 84.5 Å². The van der Waals surface area contributed by atoms with Crippen LogP contribution in [0.25, 0.3) is 0 Å². The molecule has 1 atom stereocenters. The molecule has 142 valence electrons. The number of nitrogens with zero attached hydrogens (tertiary/aromatic N) is 3. The van der Waals surface area contributed by atoms with Gasteiger partial charge in [0.05, 0.1) is 0 Å². The zero-order valence-corrected chi connectivity index (χ0v) is 15.6. The first-order valence-electron chi connectivity index (χ1n) is 10.1. The van der Waals surface area contributed by atoms with Crippen molar-refractivity contribution in [3.8, 4) is 0 Å². The fraction of sp³-hybridized carbons (Fsp3) is 0.895. The van der Waals surface area contributed by atoms with E-state index >= 15 is 0 Å². The summed E-state index contributed by atoms with van der Waals surface area (Å²) < 4.78 is 5.51. The Balaban J connectivity index is 1.33. The average molecular weight is 351 g/mol. The maximum Gasteiger partial charge on any atom is 0.251 e. The highest BCUT2D eigenvalue weighted by Crippen LogP contribution is 2.24. The van der Waals surface area contributed by atoms with E-state index < -0.39 is 0 Å². The number of carbonyl (C=O) groups is 2. The van der Waals surface area contributed by atoms with Crippen molar-refractivity contribution in [3.05, 3.63) is 0 Å². The second-order valence-corrected chi connectivity index (χ2v) is 7.62. The standard InChI is InChI=1S/C19H33N3O3/c1-2-20-11-13-21(14-12-20)18(23)6-5-16-7-9-22(10-8-16)19(24)17-4-3-15-25-17/h16-17H,2-15H2,1H3/t17-/m1/s1. The van der Waals surface area contributed by atoms with Crippen molar-refractivity contribution in [2.24, 2.45) is 5.92 Å². The third kappa shape index (κ3) is 4.94. The van der Waals surface area contributed by atoms with E-state index in [1.165, 1.54) is 0 Å². The molecule has 0 aromatic heterocycles. The molecule has 0 bridgehead atoms. The van der Waals surface area contributed by atoms with Crippen LogP contribution in [0.1, 0.15) is 45.4 Å². The molecule has 0 saturated carbocycles. The van der Waals surface area contributed by atoms with E-state index in [9.17, 15) is 9.59 Å². The van der Waals surface area contributed by atoms with E-state index in [4.69, 9.17) is 4.74 Å². The van der Waals surface area contributed by atoms with Gasteiger partial charge in [-0.15, -0.1) is 0 Å². The lowest BCUT2D eigenvalue weighted by Gasteiger charge is -2.35. The van der Waals surface area contributed by atoms with Gasteiger partial charge in [-0.05, 0) is 44.6 Å². The molecule has 6 heteroatoms. The molecular weight excluding hydrogens is 318 g/mol. The molecule has 0 aromatic carbocycles.